The van der Waals surface area contributed by atoms with Gasteiger partial charge in [0.1, 0.15) is 5.75 Å². The molecule has 0 aliphatic carbocycles. The highest BCUT2D eigenvalue weighted by molar-refractivity contribution is 5.44. The van der Waals surface area contributed by atoms with Gasteiger partial charge in [-0.2, -0.15) is 4.57 Å². The number of halogens is 1. The van der Waals surface area contributed by atoms with E-state index < -0.39 is 0 Å². The molecule has 2 aromatic rings. The molecule has 0 aliphatic heterocycles. The lowest BCUT2D eigenvalue weighted by molar-refractivity contribution is -0.596. The second kappa shape index (κ2) is 4.66. The molecular formula is C11H10ClNO2. The van der Waals surface area contributed by atoms with Crippen LogP contribution in [0.4, 0.5) is 0 Å². The Labute approximate surface area is 93.7 Å². The molecule has 0 bridgehead atoms. The van der Waals surface area contributed by atoms with E-state index in [9.17, 15) is 10.2 Å². The van der Waals surface area contributed by atoms with Gasteiger partial charge in [0.25, 0.3) is 5.69 Å². The minimum absolute atomic E-state index is 0. The van der Waals surface area contributed by atoms with Gasteiger partial charge in [-0.25, -0.2) is 0 Å². The summed E-state index contributed by atoms with van der Waals surface area (Å²) in [6.45, 7) is 0. The summed E-state index contributed by atoms with van der Waals surface area (Å²) in [6.07, 6.45) is 3.60. The van der Waals surface area contributed by atoms with Crippen molar-refractivity contribution in [2.24, 2.45) is 0 Å². The largest absolute Gasteiger partial charge is 1.00 e. The minimum Gasteiger partial charge on any atom is -1.00 e. The number of hydrogen-bond donors (Lipinski definition) is 2. The zero-order valence-corrected chi connectivity index (χ0v) is 8.59. The molecule has 0 fully saturated rings. The molecule has 2 N–H and O–H groups in total. The summed E-state index contributed by atoms with van der Waals surface area (Å²) in [4.78, 5) is 0. The van der Waals surface area contributed by atoms with Crippen LogP contribution in [0.2, 0.25) is 0 Å². The van der Waals surface area contributed by atoms with Crippen LogP contribution in [0.1, 0.15) is 0 Å². The van der Waals surface area contributed by atoms with E-state index in [1.54, 1.807) is 17.0 Å². The molecule has 0 spiro atoms. The normalized spacial score (nSPS) is 9.33. The maximum Gasteiger partial charge on any atom is 0.256 e. The Morgan fingerprint density at radius 3 is 2.27 bits per heavy atom. The fourth-order valence-corrected chi connectivity index (χ4v) is 1.28. The Morgan fingerprint density at radius 1 is 0.933 bits per heavy atom. The number of rotatable bonds is 1. The maximum absolute atomic E-state index is 9.56. The van der Waals surface area contributed by atoms with Gasteiger partial charge in [0.15, 0.2) is 18.1 Å². The first kappa shape index (κ1) is 11.3. The predicted octanol–water partition coefficient (Wildman–Crippen LogP) is -1.62. The number of nitrogens with zero attached hydrogens (tertiary/aromatic N) is 1. The van der Waals surface area contributed by atoms with Crippen molar-refractivity contribution in [1.29, 1.82) is 0 Å². The summed E-state index contributed by atoms with van der Waals surface area (Å²) in [7, 11) is 0. The number of aromatic nitrogens is 1. The van der Waals surface area contributed by atoms with Crippen LogP contribution in [0.5, 0.6) is 11.5 Å². The monoisotopic (exact) mass is 223 g/mol. The molecule has 0 saturated carbocycles. The summed E-state index contributed by atoms with van der Waals surface area (Å²) in [5, 5.41) is 18.8. The molecule has 1 heterocycles. The SMILES string of the molecule is Oc1ccc(O)c(-[n+]2ccccc2)c1.[Cl-]. The van der Waals surface area contributed by atoms with Gasteiger partial charge in [-0.1, -0.05) is 6.07 Å². The van der Waals surface area contributed by atoms with E-state index in [0.717, 1.165) is 0 Å². The minimum atomic E-state index is 0. The molecule has 0 amide bonds. The zero-order chi connectivity index (χ0) is 9.97. The first-order chi connectivity index (χ1) is 6.77. The molecule has 0 aliphatic rings. The molecule has 2 rings (SSSR count). The fourth-order valence-electron chi connectivity index (χ4n) is 1.28. The molecule has 78 valence electrons. The lowest BCUT2D eigenvalue weighted by atomic mass is 10.2. The molecular weight excluding hydrogens is 214 g/mol. The first-order valence-corrected chi connectivity index (χ1v) is 4.26. The third-order valence-corrected chi connectivity index (χ3v) is 1.95. The van der Waals surface area contributed by atoms with Crippen molar-refractivity contribution < 1.29 is 27.2 Å². The van der Waals surface area contributed by atoms with E-state index in [4.69, 9.17) is 0 Å². The van der Waals surface area contributed by atoms with E-state index >= 15 is 0 Å². The van der Waals surface area contributed by atoms with Gasteiger partial charge in [0.05, 0.1) is 6.07 Å². The van der Waals surface area contributed by atoms with Crippen LogP contribution in [0.15, 0.2) is 48.8 Å². The lowest BCUT2D eigenvalue weighted by Crippen LogP contribution is -3.00. The van der Waals surface area contributed by atoms with Crippen LogP contribution < -0.4 is 17.0 Å². The van der Waals surface area contributed by atoms with Gasteiger partial charge in [-0.05, 0) is 12.1 Å². The Hall–Kier alpha value is -1.74. The molecule has 0 saturated heterocycles. The van der Waals surface area contributed by atoms with E-state index in [0.29, 0.717) is 5.69 Å². The number of hydrogen-bond acceptors (Lipinski definition) is 2. The Balaban J connectivity index is 0.00000112. The van der Waals surface area contributed by atoms with Crippen molar-refractivity contribution in [3.05, 3.63) is 48.8 Å². The first-order valence-electron chi connectivity index (χ1n) is 4.26. The lowest BCUT2D eigenvalue weighted by Gasteiger charge is -1.98. The van der Waals surface area contributed by atoms with Crippen molar-refractivity contribution in [1.82, 2.24) is 0 Å². The standard InChI is InChI=1S/C11H9NO2.ClH/c13-9-4-5-11(14)10(8-9)12-6-2-1-3-7-12;/h1-8H,(H-,13,14);1H. The zero-order valence-electron chi connectivity index (χ0n) is 7.84. The second-order valence-corrected chi connectivity index (χ2v) is 2.96. The molecule has 0 unspecified atom stereocenters. The Bertz CT molecular complexity index is 446. The predicted molar refractivity (Wildman–Crippen MR) is 51.3 cm³/mol. The van der Waals surface area contributed by atoms with E-state index in [-0.39, 0.29) is 23.9 Å². The summed E-state index contributed by atoms with van der Waals surface area (Å²) < 4.78 is 1.73. The fraction of sp³-hybridized carbons (Fsp3) is 0. The molecule has 0 radical (unpaired) electrons. The van der Waals surface area contributed by atoms with E-state index in [2.05, 4.69) is 0 Å². The quantitative estimate of drug-likeness (QED) is 0.451. The number of benzene rings is 1. The van der Waals surface area contributed by atoms with Crippen molar-refractivity contribution in [3.8, 4) is 17.2 Å². The number of phenolic OH excluding ortho intramolecular Hbond substituents is 2. The molecule has 4 heteroatoms. The van der Waals surface area contributed by atoms with Gasteiger partial charge in [0.2, 0.25) is 0 Å². The van der Waals surface area contributed by atoms with Crippen molar-refractivity contribution in [3.63, 3.8) is 0 Å². The summed E-state index contributed by atoms with van der Waals surface area (Å²) in [6, 6.07) is 10.0. The Morgan fingerprint density at radius 2 is 1.60 bits per heavy atom. The van der Waals surface area contributed by atoms with Gasteiger partial charge in [0, 0.05) is 12.1 Å². The molecule has 3 nitrogen and oxygen atoms in total. The van der Waals surface area contributed by atoms with Crippen LogP contribution in [0.3, 0.4) is 0 Å². The highest BCUT2D eigenvalue weighted by Gasteiger charge is 2.11. The van der Waals surface area contributed by atoms with Crippen molar-refractivity contribution >= 4 is 0 Å². The molecule has 0 atom stereocenters. The van der Waals surface area contributed by atoms with E-state index in [1.807, 2.05) is 18.2 Å². The number of phenols is 2. The average Bonchev–Trinajstić information content (AvgIpc) is 2.23. The summed E-state index contributed by atoms with van der Waals surface area (Å²) in [5.41, 5.74) is 0.561. The molecule has 1 aromatic heterocycles. The van der Waals surface area contributed by atoms with Crippen LogP contribution in [-0.2, 0) is 0 Å². The van der Waals surface area contributed by atoms with Crippen LogP contribution in [0, 0.1) is 0 Å². The smallest absolute Gasteiger partial charge is 0.256 e. The maximum atomic E-state index is 9.56. The van der Waals surface area contributed by atoms with Gasteiger partial charge >= 0.3 is 0 Å². The summed E-state index contributed by atoms with van der Waals surface area (Å²) >= 11 is 0. The number of aromatic hydroxyl groups is 2. The van der Waals surface area contributed by atoms with E-state index in [1.165, 1.54) is 18.2 Å². The van der Waals surface area contributed by atoms with Crippen LogP contribution >= 0.6 is 0 Å². The highest BCUT2D eigenvalue weighted by atomic mass is 35.5. The topological polar surface area (TPSA) is 44.3 Å². The summed E-state index contributed by atoms with van der Waals surface area (Å²) in [5.74, 6) is 0.271. The third kappa shape index (κ3) is 2.39. The van der Waals surface area contributed by atoms with Gasteiger partial charge in [-0.3, -0.25) is 0 Å². The third-order valence-electron chi connectivity index (χ3n) is 1.95. The van der Waals surface area contributed by atoms with Crippen LogP contribution in [-0.4, -0.2) is 10.2 Å². The van der Waals surface area contributed by atoms with Crippen LogP contribution in [0.25, 0.3) is 5.69 Å². The average molecular weight is 224 g/mol. The number of pyridine rings is 1. The molecule has 1 aromatic carbocycles. The van der Waals surface area contributed by atoms with Crippen molar-refractivity contribution in [2.45, 2.75) is 0 Å². The van der Waals surface area contributed by atoms with Crippen molar-refractivity contribution in [2.75, 3.05) is 0 Å². The van der Waals surface area contributed by atoms with Gasteiger partial charge < -0.3 is 22.6 Å². The molecule has 15 heavy (non-hydrogen) atoms. The highest BCUT2D eigenvalue weighted by Crippen LogP contribution is 2.21. The Kier molecular flexibility index (Phi) is 3.52. The second-order valence-electron chi connectivity index (χ2n) is 2.96. The van der Waals surface area contributed by atoms with Gasteiger partial charge in [-0.15, -0.1) is 0 Å².